The molecule has 160 valence electrons. The van der Waals surface area contributed by atoms with Gasteiger partial charge in [-0.25, -0.2) is 9.98 Å². The van der Waals surface area contributed by atoms with Gasteiger partial charge in [-0.1, -0.05) is 18.2 Å². The van der Waals surface area contributed by atoms with Crippen LogP contribution < -0.4 is 10.6 Å². The number of hydrogen-bond donors (Lipinski definition) is 3. The van der Waals surface area contributed by atoms with Crippen LogP contribution in [0.1, 0.15) is 25.3 Å². The van der Waals surface area contributed by atoms with E-state index in [-0.39, 0.29) is 24.0 Å². The molecule has 0 radical (unpaired) electrons. The van der Waals surface area contributed by atoms with E-state index in [1.807, 2.05) is 12.1 Å². The molecule has 2 aromatic rings. The van der Waals surface area contributed by atoms with E-state index in [1.165, 1.54) is 6.33 Å². The number of halogens is 1. The first-order chi connectivity index (χ1) is 13.8. The molecule has 3 rings (SSSR count). The van der Waals surface area contributed by atoms with Gasteiger partial charge in [0, 0.05) is 44.9 Å². The Balaban J connectivity index is 0.00000300. The molecule has 1 aromatic heterocycles. The molecule has 0 unspecified atom stereocenters. The fourth-order valence-corrected chi connectivity index (χ4v) is 3.37. The molecule has 1 aliphatic rings. The third kappa shape index (κ3) is 7.56. The van der Waals surface area contributed by atoms with E-state index in [1.54, 1.807) is 7.11 Å². The molecule has 1 fully saturated rings. The minimum atomic E-state index is 0. The Kier molecular flexibility index (Phi) is 10.4. The number of H-pyrrole nitrogens is 1. The summed E-state index contributed by atoms with van der Waals surface area (Å²) in [6.45, 7) is 7.56. The standard InChI is InChI=1S/C20H31N7O.HI/c1-3-21-20(25-18-7-9-27(10-8-18)11-12-28-2)22-14-16-5-4-6-17(13-16)19-23-15-24-26-19;/h4-6,13,15,18H,3,7-12,14H2,1-2H3,(H2,21,22,25)(H,23,24,26);1H. The van der Waals surface area contributed by atoms with Crippen LogP contribution in [-0.2, 0) is 11.3 Å². The van der Waals surface area contributed by atoms with Crippen LogP contribution >= 0.6 is 24.0 Å². The molecule has 0 bridgehead atoms. The number of benzene rings is 1. The molecule has 0 saturated carbocycles. The van der Waals surface area contributed by atoms with E-state index in [9.17, 15) is 0 Å². The Morgan fingerprint density at radius 2 is 2.17 bits per heavy atom. The molecule has 2 heterocycles. The van der Waals surface area contributed by atoms with Crippen molar-refractivity contribution in [3.05, 3.63) is 36.2 Å². The number of guanidine groups is 1. The summed E-state index contributed by atoms with van der Waals surface area (Å²) in [5, 5.41) is 13.8. The zero-order valence-corrected chi connectivity index (χ0v) is 19.6. The van der Waals surface area contributed by atoms with E-state index in [0.717, 1.165) is 68.5 Å². The van der Waals surface area contributed by atoms with Gasteiger partial charge in [0.15, 0.2) is 11.8 Å². The topological polar surface area (TPSA) is 90.5 Å². The van der Waals surface area contributed by atoms with Crippen molar-refractivity contribution in [3.8, 4) is 11.4 Å². The number of nitrogens with zero attached hydrogens (tertiary/aromatic N) is 4. The number of piperidine rings is 1. The molecule has 0 atom stereocenters. The molecule has 0 spiro atoms. The van der Waals surface area contributed by atoms with Gasteiger partial charge in [0.05, 0.1) is 13.2 Å². The van der Waals surface area contributed by atoms with Gasteiger partial charge in [0.1, 0.15) is 6.33 Å². The average Bonchev–Trinajstić information content (AvgIpc) is 3.27. The third-order valence-electron chi connectivity index (χ3n) is 4.92. The van der Waals surface area contributed by atoms with E-state index in [0.29, 0.717) is 12.6 Å². The van der Waals surface area contributed by atoms with Gasteiger partial charge in [-0.05, 0) is 31.4 Å². The predicted molar refractivity (Wildman–Crippen MR) is 127 cm³/mol. The number of aliphatic imine (C=N–C) groups is 1. The number of methoxy groups -OCH3 is 1. The lowest BCUT2D eigenvalue weighted by molar-refractivity contribution is 0.128. The van der Waals surface area contributed by atoms with Gasteiger partial charge in [-0.2, -0.15) is 5.10 Å². The number of aromatic nitrogens is 3. The summed E-state index contributed by atoms with van der Waals surface area (Å²) in [5.41, 5.74) is 2.16. The zero-order valence-electron chi connectivity index (χ0n) is 17.2. The fraction of sp³-hybridized carbons (Fsp3) is 0.550. The summed E-state index contributed by atoms with van der Waals surface area (Å²) >= 11 is 0. The first-order valence-corrected chi connectivity index (χ1v) is 9.99. The molecular weight excluding hydrogens is 481 g/mol. The zero-order chi connectivity index (χ0) is 19.6. The molecule has 3 N–H and O–H groups in total. The number of aromatic amines is 1. The minimum Gasteiger partial charge on any atom is -0.383 e. The molecule has 1 aromatic carbocycles. The van der Waals surface area contributed by atoms with Crippen LogP contribution in [0.3, 0.4) is 0 Å². The number of hydrogen-bond acceptors (Lipinski definition) is 5. The summed E-state index contributed by atoms with van der Waals surface area (Å²) in [6.07, 6.45) is 3.76. The maximum absolute atomic E-state index is 5.18. The molecule has 9 heteroatoms. The van der Waals surface area contributed by atoms with Crippen LogP contribution in [0.15, 0.2) is 35.6 Å². The second-order valence-electron chi connectivity index (χ2n) is 6.98. The Hall–Kier alpha value is -1.72. The first kappa shape index (κ1) is 23.6. The van der Waals surface area contributed by atoms with Crippen LogP contribution in [0.5, 0.6) is 0 Å². The van der Waals surface area contributed by atoms with E-state index in [2.05, 4.69) is 49.8 Å². The molecule has 8 nitrogen and oxygen atoms in total. The average molecular weight is 513 g/mol. The molecule has 0 amide bonds. The summed E-state index contributed by atoms with van der Waals surface area (Å²) in [7, 11) is 1.76. The summed E-state index contributed by atoms with van der Waals surface area (Å²) in [6, 6.07) is 8.69. The van der Waals surface area contributed by atoms with Crippen LogP contribution in [0, 0.1) is 0 Å². The lowest BCUT2D eigenvalue weighted by Crippen LogP contribution is -2.49. The Morgan fingerprint density at radius 1 is 1.34 bits per heavy atom. The molecule has 1 saturated heterocycles. The van der Waals surface area contributed by atoms with Crippen LogP contribution in [-0.4, -0.2) is 72.0 Å². The first-order valence-electron chi connectivity index (χ1n) is 9.99. The number of nitrogens with one attached hydrogen (secondary N) is 3. The molecule has 0 aliphatic carbocycles. The second kappa shape index (κ2) is 12.8. The maximum atomic E-state index is 5.18. The summed E-state index contributed by atoms with van der Waals surface area (Å²) < 4.78 is 5.18. The van der Waals surface area contributed by atoms with Gasteiger partial charge in [-0.3, -0.25) is 5.10 Å². The van der Waals surface area contributed by atoms with Crippen LogP contribution in [0.4, 0.5) is 0 Å². The fourth-order valence-electron chi connectivity index (χ4n) is 3.37. The largest absolute Gasteiger partial charge is 0.383 e. The van der Waals surface area contributed by atoms with Gasteiger partial charge < -0.3 is 20.3 Å². The van der Waals surface area contributed by atoms with Gasteiger partial charge in [-0.15, -0.1) is 24.0 Å². The third-order valence-corrected chi connectivity index (χ3v) is 4.92. The van der Waals surface area contributed by atoms with Crippen molar-refractivity contribution in [2.75, 3.05) is 39.9 Å². The van der Waals surface area contributed by atoms with Gasteiger partial charge in [0.25, 0.3) is 0 Å². The van der Waals surface area contributed by atoms with Crippen LogP contribution in [0.25, 0.3) is 11.4 Å². The SMILES string of the molecule is CCNC(=NCc1cccc(-c2ncn[nH]2)c1)NC1CCN(CCOC)CC1.I. The van der Waals surface area contributed by atoms with Crippen molar-refractivity contribution in [2.45, 2.75) is 32.4 Å². The Morgan fingerprint density at radius 3 is 2.86 bits per heavy atom. The normalized spacial score (nSPS) is 15.7. The smallest absolute Gasteiger partial charge is 0.191 e. The second-order valence-corrected chi connectivity index (χ2v) is 6.98. The number of likely N-dealkylation sites (tertiary alicyclic amines) is 1. The van der Waals surface area contributed by atoms with Crippen molar-refractivity contribution in [1.82, 2.24) is 30.7 Å². The Bertz CT molecular complexity index is 730. The minimum absolute atomic E-state index is 0. The highest BCUT2D eigenvalue weighted by Crippen LogP contribution is 2.16. The van der Waals surface area contributed by atoms with Crippen molar-refractivity contribution in [2.24, 2.45) is 4.99 Å². The monoisotopic (exact) mass is 513 g/mol. The lowest BCUT2D eigenvalue weighted by atomic mass is 10.1. The van der Waals surface area contributed by atoms with E-state index < -0.39 is 0 Å². The number of ether oxygens (including phenoxy) is 1. The molecule has 29 heavy (non-hydrogen) atoms. The highest BCUT2D eigenvalue weighted by molar-refractivity contribution is 14.0. The highest BCUT2D eigenvalue weighted by Gasteiger charge is 2.19. The van der Waals surface area contributed by atoms with E-state index >= 15 is 0 Å². The van der Waals surface area contributed by atoms with E-state index in [4.69, 9.17) is 9.73 Å². The number of rotatable bonds is 8. The maximum Gasteiger partial charge on any atom is 0.191 e. The quantitative estimate of drug-likeness (QED) is 0.285. The van der Waals surface area contributed by atoms with Crippen LogP contribution in [0.2, 0.25) is 0 Å². The van der Waals surface area contributed by atoms with Crippen molar-refractivity contribution in [3.63, 3.8) is 0 Å². The van der Waals surface area contributed by atoms with Gasteiger partial charge >= 0.3 is 0 Å². The van der Waals surface area contributed by atoms with Crippen molar-refractivity contribution < 1.29 is 4.74 Å². The predicted octanol–water partition coefficient (Wildman–Crippen LogP) is 2.26. The van der Waals surface area contributed by atoms with Crippen molar-refractivity contribution >= 4 is 29.9 Å². The lowest BCUT2D eigenvalue weighted by Gasteiger charge is -2.32. The van der Waals surface area contributed by atoms with Gasteiger partial charge in [0.2, 0.25) is 0 Å². The van der Waals surface area contributed by atoms with Crippen molar-refractivity contribution in [1.29, 1.82) is 0 Å². The summed E-state index contributed by atoms with van der Waals surface area (Å²) in [5.74, 6) is 1.65. The Labute approximate surface area is 189 Å². The molecular formula is C20H32IN7O. The highest BCUT2D eigenvalue weighted by atomic mass is 127. The molecule has 1 aliphatic heterocycles. The summed E-state index contributed by atoms with van der Waals surface area (Å²) in [4.78, 5) is 11.5.